The Hall–Kier alpha value is -2.03. The summed E-state index contributed by atoms with van der Waals surface area (Å²) in [4.78, 5) is 0.137. The van der Waals surface area contributed by atoms with Gasteiger partial charge in [-0.2, -0.15) is 8.75 Å². The normalized spacial score (nSPS) is 11.8. The summed E-state index contributed by atoms with van der Waals surface area (Å²) < 4.78 is 35.4. The fraction of sp³-hybridized carbons (Fsp3) is 0.0769. The van der Waals surface area contributed by atoms with Gasteiger partial charge < -0.3 is 5.73 Å². The van der Waals surface area contributed by atoms with Gasteiger partial charge in [-0.1, -0.05) is 18.2 Å². The molecule has 6 nitrogen and oxygen atoms in total. The number of nitrogens with zero attached hydrogens (tertiary/aromatic N) is 2. The van der Waals surface area contributed by atoms with Gasteiger partial charge in [0.15, 0.2) is 0 Å². The Labute approximate surface area is 126 Å². The first kappa shape index (κ1) is 13.9. The molecule has 0 amide bonds. The van der Waals surface area contributed by atoms with E-state index in [-0.39, 0.29) is 11.4 Å². The van der Waals surface area contributed by atoms with E-state index in [2.05, 4.69) is 13.5 Å². The zero-order valence-corrected chi connectivity index (χ0v) is 12.5. The van der Waals surface area contributed by atoms with Crippen LogP contribution in [-0.2, 0) is 16.6 Å². The van der Waals surface area contributed by atoms with Gasteiger partial charge in [0.25, 0.3) is 0 Å². The minimum absolute atomic E-state index is 0.137. The summed E-state index contributed by atoms with van der Waals surface area (Å²) in [6, 6.07) is 12.0. The van der Waals surface area contributed by atoms with Gasteiger partial charge in [0.2, 0.25) is 10.0 Å². The van der Waals surface area contributed by atoms with Crippen LogP contribution in [0.2, 0.25) is 0 Å². The number of sulfonamides is 1. The first-order valence-electron chi connectivity index (χ1n) is 6.12. The molecule has 0 bridgehead atoms. The van der Waals surface area contributed by atoms with Gasteiger partial charge in [-0.05, 0) is 29.8 Å². The van der Waals surface area contributed by atoms with Crippen LogP contribution in [0.15, 0.2) is 47.4 Å². The second-order valence-electron chi connectivity index (χ2n) is 4.46. The van der Waals surface area contributed by atoms with E-state index in [1.54, 1.807) is 30.3 Å². The van der Waals surface area contributed by atoms with E-state index in [1.165, 1.54) is 6.07 Å². The number of rotatable bonds is 4. The largest absolute Gasteiger partial charge is 0.399 e. The van der Waals surface area contributed by atoms with Gasteiger partial charge in [0.1, 0.15) is 15.9 Å². The van der Waals surface area contributed by atoms with Crippen LogP contribution in [0.3, 0.4) is 0 Å². The lowest BCUT2D eigenvalue weighted by Gasteiger charge is -2.07. The molecule has 0 saturated heterocycles. The van der Waals surface area contributed by atoms with Crippen molar-refractivity contribution in [1.82, 2.24) is 13.5 Å². The van der Waals surface area contributed by atoms with E-state index in [0.717, 1.165) is 17.3 Å². The molecular weight excluding hydrogens is 308 g/mol. The first-order chi connectivity index (χ1) is 10.1. The lowest BCUT2D eigenvalue weighted by Crippen LogP contribution is -2.23. The van der Waals surface area contributed by atoms with Gasteiger partial charge >= 0.3 is 0 Å². The molecular formula is C13H12N4O2S2. The number of hydrogen-bond acceptors (Lipinski definition) is 6. The second-order valence-corrected chi connectivity index (χ2v) is 6.72. The number of nitrogen functional groups attached to an aromatic ring is 1. The molecule has 8 heteroatoms. The van der Waals surface area contributed by atoms with Crippen LogP contribution in [0.1, 0.15) is 5.56 Å². The lowest BCUT2D eigenvalue weighted by molar-refractivity contribution is 0.582. The standard InChI is InChI=1S/C13H12N4O2S2/c14-10-4-1-3-9(7-10)8-15-21(18,19)12-6-2-5-11-13(12)17-20-16-11/h1-7,15H,8,14H2. The number of benzene rings is 2. The molecule has 0 aliphatic carbocycles. The van der Waals surface area contributed by atoms with Crippen LogP contribution < -0.4 is 10.5 Å². The molecule has 0 radical (unpaired) electrons. The smallest absolute Gasteiger partial charge is 0.243 e. The van der Waals surface area contributed by atoms with Crippen molar-refractivity contribution < 1.29 is 8.42 Å². The quantitative estimate of drug-likeness (QED) is 0.714. The monoisotopic (exact) mass is 320 g/mol. The predicted octanol–water partition coefficient (Wildman–Crippen LogP) is 1.75. The summed E-state index contributed by atoms with van der Waals surface area (Å²) in [5, 5.41) is 0. The summed E-state index contributed by atoms with van der Waals surface area (Å²) in [7, 11) is -3.65. The number of hydrogen-bond donors (Lipinski definition) is 2. The van der Waals surface area contributed by atoms with Gasteiger partial charge in [0, 0.05) is 12.2 Å². The zero-order valence-electron chi connectivity index (χ0n) is 10.9. The Balaban J connectivity index is 1.89. The van der Waals surface area contributed by atoms with E-state index in [4.69, 9.17) is 5.73 Å². The van der Waals surface area contributed by atoms with E-state index in [9.17, 15) is 8.42 Å². The van der Waals surface area contributed by atoms with Crippen LogP contribution >= 0.6 is 11.7 Å². The summed E-state index contributed by atoms with van der Waals surface area (Å²) in [5.41, 5.74) is 8.03. The molecule has 0 fully saturated rings. The van der Waals surface area contributed by atoms with Gasteiger partial charge in [-0.25, -0.2) is 13.1 Å². The van der Waals surface area contributed by atoms with Gasteiger partial charge in [-0.3, -0.25) is 0 Å². The highest BCUT2D eigenvalue weighted by Gasteiger charge is 2.19. The van der Waals surface area contributed by atoms with Crippen molar-refractivity contribution in [3.8, 4) is 0 Å². The van der Waals surface area contributed by atoms with Crippen molar-refractivity contribution in [3.05, 3.63) is 48.0 Å². The molecule has 1 aromatic heterocycles. The molecule has 108 valence electrons. The van der Waals surface area contributed by atoms with Crippen molar-refractivity contribution in [2.45, 2.75) is 11.4 Å². The maximum absolute atomic E-state index is 12.4. The molecule has 0 aliphatic heterocycles. The molecule has 3 aromatic rings. The molecule has 0 unspecified atom stereocenters. The number of nitrogens with one attached hydrogen (secondary N) is 1. The minimum atomic E-state index is -3.65. The molecule has 0 saturated carbocycles. The molecule has 0 spiro atoms. The van der Waals surface area contributed by atoms with Crippen LogP contribution in [0.25, 0.3) is 11.0 Å². The Kier molecular flexibility index (Phi) is 3.58. The number of aromatic nitrogens is 2. The summed E-state index contributed by atoms with van der Waals surface area (Å²) in [5.74, 6) is 0. The Morgan fingerprint density at radius 2 is 1.95 bits per heavy atom. The third-order valence-electron chi connectivity index (χ3n) is 2.96. The van der Waals surface area contributed by atoms with Crippen LogP contribution in [0.4, 0.5) is 5.69 Å². The maximum atomic E-state index is 12.4. The highest BCUT2D eigenvalue weighted by molar-refractivity contribution is 7.89. The molecule has 0 aliphatic rings. The van der Waals surface area contributed by atoms with E-state index in [1.807, 2.05) is 6.07 Å². The molecule has 2 aromatic carbocycles. The van der Waals surface area contributed by atoms with E-state index < -0.39 is 10.0 Å². The van der Waals surface area contributed by atoms with Crippen LogP contribution in [-0.4, -0.2) is 17.2 Å². The Morgan fingerprint density at radius 1 is 1.14 bits per heavy atom. The van der Waals surface area contributed by atoms with Crippen molar-refractivity contribution >= 4 is 38.5 Å². The third kappa shape index (κ3) is 2.87. The molecule has 3 rings (SSSR count). The third-order valence-corrected chi connectivity index (χ3v) is 4.93. The fourth-order valence-corrected chi connectivity index (χ4v) is 3.74. The molecule has 1 heterocycles. The van der Waals surface area contributed by atoms with E-state index in [0.29, 0.717) is 16.7 Å². The average molecular weight is 320 g/mol. The molecule has 0 atom stereocenters. The second kappa shape index (κ2) is 5.40. The average Bonchev–Trinajstić information content (AvgIpc) is 2.93. The number of nitrogens with two attached hydrogens (primary N) is 1. The summed E-state index contributed by atoms with van der Waals surface area (Å²) in [6.45, 7) is 0.168. The Bertz CT molecular complexity index is 890. The molecule has 3 N–H and O–H groups in total. The summed E-state index contributed by atoms with van der Waals surface area (Å²) >= 11 is 0.991. The van der Waals surface area contributed by atoms with Crippen molar-refractivity contribution in [2.75, 3.05) is 5.73 Å². The highest BCUT2D eigenvalue weighted by atomic mass is 32.2. The Morgan fingerprint density at radius 3 is 2.76 bits per heavy atom. The van der Waals surface area contributed by atoms with Crippen LogP contribution in [0, 0.1) is 0 Å². The minimum Gasteiger partial charge on any atom is -0.399 e. The lowest BCUT2D eigenvalue weighted by atomic mass is 10.2. The molecule has 21 heavy (non-hydrogen) atoms. The van der Waals surface area contributed by atoms with Crippen molar-refractivity contribution in [3.63, 3.8) is 0 Å². The van der Waals surface area contributed by atoms with E-state index >= 15 is 0 Å². The summed E-state index contributed by atoms with van der Waals surface area (Å²) in [6.07, 6.45) is 0. The SMILES string of the molecule is Nc1cccc(CNS(=O)(=O)c2cccc3nsnc23)c1. The first-order valence-corrected chi connectivity index (χ1v) is 8.33. The predicted molar refractivity (Wildman–Crippen MR) is 82.3 cm³/mol. The zero-order chi connectivity index (χ0) is 14.9. The van der Waals surface area contributed by atoms with Crippen LogP contribution in [0.5, 0.6) is 0 Å². The highest BCUT2D eigenvalue weighted by Crippen LogP contribution is 2.21. The maximum Gasteiger partial charge on any atom is 0.243 e. The number of anilines is 1. The van der Waals surface area contributed by atoms with Crippen molar-refractivity contribution in [2.24, 2.45) is 0 Å². The topological polar surface area (TPSA) is 98.0 Å². The van der Waals surface area contributed by atoms with Gasteiger partial charge in [0.05, 0.1) is 11.7 Å². The van der Waals surface area contributed by atoms with Gasteiger partial charge in [-0.15, -0.1) is 0 Å². The van der Waals surface area contributed by atoms with Crippen molar-refractivity contribution in [1.29, 1.82) is 0 Å². The number of fused-ring (bicyclic) bond motifs is 1. The fourth-order valence-electron chi connectivity index (χ4n) is 1.96.